The first kappa shape index (κ1) is 10.5. The van der Waals surface area contributed by atoms with Gasteiger partial charge >= 0.3 is 6.09 Å². The van der Waals surface area contributed by atoms with E-state index >= 15 is 0 Å². The Hall–Kier alpha value is -0.513. The summed E-state index contributed by atoms with van der Waals surface area (Å²) in [5.74, 6) is 0. The van der Waals surface area contributed by atoms with E-state index in [0.29, 0.717) is 6.54 Å². The highest BCUT2D eigenvalue weighted by atomic mass is 28.3. The van der Waals surface area contributed by atoms with Crippen molar-refractivity contribution >= 4 is 14.2 Å². The molecule has 0 rings (SSSR count). The Balaban J connectivity index is 3.63. The van der Waals surface area contributed by atoms with Crippen LogP contribution < -0.4 is 0 Å². The molecule has 66 valence electrons. The Morgan fingerprint density at radius 1 is 1.45 bits per heavy atom. The van der Waals surface area contributed by atoms with Crippen molar-refractivity contribution in [2.75, 3.05) is 13.6 Å². The van der Waals surface area contributed by atoms with Gasteiger partial charge in [-0.2, -0.15) is 0 Å². The first-order chi connectivity index (χ1) is 4.83. The molecule has 0 fully saturated rings. The van der Waals surface area contributed by atoms with Crippen LogP contribution in [0.1, 0.15) is 0 Å². The van der Waals surface area contributed by atoms with Gasteiger partial charge < -0.3 is 10.0 Å². The molecule has 0 aromatic rings. The second-order valence-electron chi connectivity index (χ2n) is 4.01. The zero-order valence-electron chi connectivity index (χ0n) is 7.72. The van der Waals surface area contributed by atoms with Crippen molar-refractivity contribution in [3.8, 4) is 0 Å². The Morgan fingerprint density at radius 3 is 2.18 bits per heavy atom. The molecule has 0 aliphatic carbocycles. The van der Waals surface area contributed by atoms with Crippen LogP contribution in [0.15, 0.2) is 0 Å². The number of hydrogen-bond donors (Lipinski definition) is 1. The van der Waals surface area contributed by atoms with Gasteiger partial charge in [0.25, 0.3) is 0 Å². The van der Waals surface area contributed by atoms with Crippen LogP contribution in [-0.2, 0) is 0 Å². The second kappa shape index (κ2) is 3.76. The standard InChI is InChI=1S/C7H17NO2Si/c1-8(7(9)10)5-6-11(2,3)4/h5-6H2,1-4H3,(H,9,10). The molecule has 11 heavy (non-hydrogen) atoms. The third-order valence-corrected chi connectivity index (χ3v) is 3.25. The Kier molecular flexibility index (Phi) is 3.58. The molecule has 0 aromatic heterocycles. The molecule has 4 heteroatoms. The number of carbonyl (C=O) groups is 1. The van der Waals surface area contributed by atoms with Crippen LogP contribution in [-0.4, -0.2) is 37.8 Å². The van der Waals surface area contributed by atoms with E-state index in [1.165, 1.54) is 4.90 Å². The lowest BCUT2D eigenvalue weighted by Gasteiger charge is -2.19. The Bertz CT molecular complexity index is 142. The maximum Gasteiger partial charge on any atom is 0.407 e. The van der Waals surface area contributed by atoms with Gasteiger partial charge in [-0.25, -0.2) is 4.79 Å². The summed E-state index contributed by atoms with van der Waals surface area (Å²) in [6.45, 7) is 7.39. The van der Waals surface area contributed by atoms with Crippen LogP contribution in [0.25, 0.3) is 0 Å². The first-order valence-electron chi connectivity index (χ1n) is 3.77. The average Bonchev–Trinajstić information content (AvgIpc) is 1.80. The normalized spacial score (nSPS) is 11.3. The molecule has 0 saturated carbocycles. The Morgan fingerprint density at radius 2 is 1.91 bits per heavy atom. The molecule has 0 atom stereocenters. The number of nitrogens with zero attached hydrogens (tertiary/aromatic N) is 1. The summed E-state index contributed by atoms with van der Waals surface area (Å²) in [4.78, 5) is 11.7. The summed E-state index contributed by atoms with van der Waals surface area (Å²) in [5, 5.41) is 8.52. The third-order valence-electron chi connectivity index (χ3n) is 1.52. The largest absolute Gasteiger partial charge is 0.465 e. The SMILES string of the molecule is CN(CC[Si](C)(C)C)C(=O)O. The number of carboxylic acid groups (broad SMARTS) is 1. The lowest BCUT2D eigenvalue weighted by atomic mass is 10.7. The summed E-state index contributed by atoms with van der Waals surface area (Å²) in [6.07, 6.45) is -0.830. The molecule has 1 amide bonds. The Labute approximate surface area is 69.0 Å². The van der Waals surface area contributed by atoms with E-state index < -0.39 is 14.2 Å². The van der Waals surface area contributed by atoms with Crippen molar-refractivity contribution in [3.05, 3.63) is 0 Å². The topological polar surface area (TPSA) is 40.5 Å². The summed E-state index contributed by atoms with van der Waals surface area (Å²) in [5.41, 5.74) is 0. The lowest BCUT2D eigenvalue weighted by Crippen LogP contribution is -2.31. The van der Waals surface area contributed by atoms with E-state index in [4.69, 9.17) is 5.11 Å². The minimum absolute atomic E-state index is 0.672. The maximum absolute atomic E-state index is 10.4. The molecule has 0 aliphatic heterocycles. The van der Waals surface area contributed by atoms with Gasteiger partial charge in [-0.3, -0.25) is 0 Å². The van der Waals surface area contributed by atoms with Crippen molar-refractivity contribution in [2.24, 2.45) is 0 Å². The van der Waals surface area contributed by atoms with Crippen molar-refractivity contribution in [2.45, 2.75) is 25.7 Å². The number of rotatable bonds is 3. The highest BCUT2D eigenvalue weighted by Gasteiger charge is 2.15. The molecule has 0 aliphatic rings. The molecule has 0 unspecified atom stereocenters. The molecule has 0 bridgehead atoms. The summed E-state index contributed by atoms with van der Waals surface area (Å²) in [7, 11) is 0.543. The molecule has 3 nitrogen and oxygen atoms in total. The van der Waals surface area contributed by atoms with Gasteiger partial charge in [0.1, 0.15) is 0 Å². The summed E-state index contributed by atoms with van der Waals surface area (Å²) < 4.78 is 0. The van der Waals surface area contributed by atoms with Crippen molar-refractivity contribution in [1.82, 2.24) is 4.90 Å². The fraction of sp³-hybridized carbons (Fsp3) is 0.857. The van der Waals surface area contributed by atoms with Crippen LogP contribution in [0.4, 0.5) is 4.79 Å². The van der Waals surface area contributed by atoms with Gasteiger partial charge in [0.05, 0.1) is 0 Å². The third kappa shape index (κ3) is 5.91. The fourth-order valence-electron chi connectivity index (χ4n) is 0.599. The summed E-state index contributed by atoms with van der Waals surface area (Å²) >= 11 is 0. The molecule has 0 spiro atoms. The minimum Gasteiger partial charge on any atom is -0.465 e. The molecule has 0 saturated heterocycles. The van der Waals surface area contributed by atoms with Crippen LogP contribution in [0.5, 0.6) is 0 Å². The van der Waals surface area contributed by atoms with Gasteiger partial charge in [0.2, 0.25) is 0 Å². The zero-order valence-corrected chi connectivity index (χ0v) is 8.72. The van der Waals surface area contributed by atoms with E-state index in [1.54, 1.807) is 7.05 Å². The predicted octanol–water partition coefficient (Wildman–Crippen LogP) is 1.93. The van der Waals surface area contributed by atoms with E-state index in [2.05, 4.69) is 19.6 Å². The second-order valence-corrected chi connectivity index (χ2v) is 9.64. The molecular formula is C7H17NO2Si. The quantitative estimate of drug-likeness (QED) is 0.666. The summed E-state index contributed by atoms with van der Waals surface area (Å²) in [6, 6.07) is 1.04. The molecular weight excluding hydrogens is 158 g/mol. The smallest absolute Gasteiger partial charge is 0.407 e. The van der Waals surface area contributed by atoms with Crippen molar-refractivity contribution in [1.29, 1.82) is 0 Å². The van der Waals surface area contributed by atoms with Gasteiger partial charge in [0, 0.05) is 21.7 Å². The molecule has 1 N–H and O–H groups in total. The van der Waals surface area contributed by atoms with Crippen LogP contribution >= 0.6 is 0 Å². The highest BCUT2D eigenvalue weighted by molar-refractivity contribution is 6.76. The molecule has 0 heterocycles. The average molecular weight is 175 g/mol. The van der Waals surface area contributed by atoms with E-state index in [1.807, 2.05) is 0 Å². The number of hydrogen-bond acceptors (Lipinski definition) is 1. The van der Waals surface area contributed by atoms with Gasteiger partial charge in [0.15, 0.2) is 0 Å². The van der Waals surface area contributed by atoms with Gasteiger partial charge in [-0.1, -0.05) is 19.6 Å². The zero-order chi connectivity index (χ0) is 9.07. The van der Waals surface area contributed by atoms with E-state index in [-0.39, 0.29) is 0 Å². The highest BCUT2D eigenvalue weighted by Crippen LogP contribution is 2.08. The number of amides is 1. The van der Waals surface area contributed by atoms with Crippen LogP contribution in [0.3, 0.4) is 0 Å². The van der Waals surface area contributed by atoms with Crippen molar-refractivity contribution in [3.63, 3.8) is 0 Å². The molecule has 0 aromatic carbocycles. The van der Waals surface area contributed by atoms with Crippen LogP contribution in [0, 0.1) is 0 Å². The van der Waals surface area contributed by atoms with Crippen LogP contribution in [0.2, 0.25) is 25.7 Å². The fourth-order valence-corrected chi connectivity index (χ4v) is 1.60. The van der Waals surface area contributed by atoms with E-state index in [0.717, 1.165) is 6.04 Å². The van der Waals surface area contributed by atoms with Gasteiger partial charge in [-0.15, -0.1) is 0 Å². The minimum atomic E-state index is -1.07. The lowest BCUT2D eigenvalue weighted by molar-refractivity contribution is 0.158. The first-order valence-corrected chi connectivity index (χ1v) is 7.48. The predicted molar refractivity (Wildman–Crippen MR) is 48.8 cm³/mol. The monoisotopic (exact) mass is 175 g/mol. The maximum atomic E-state index is 10.4. The van der Waals surface area contributed by atoms with Gasteiger partial charge in [-0.05, 0) is 6.04 Å². The van der Waals surface area contributed by atoms with E-state index in [9.17, 15) is 4.79 Å². The van der Waals surface area contributed by atoms with Crippen molar-refractivity contribution < 1.29 is 9.90 Å². The molecule has 0 radical (unpaired) electrons.